The lowest BCUT2D eigenvalue weighted by Crippen LogP contribution is -2.52. The van der Waals surface area contributed by atoms with Gasteiger partial charge in [0.2, 0.25) is 5.92 Å². The van der Waals surface area contributed by atoms with Crippen molar-refractivity contribution in [1.82, 2.24) is 4.90 Å². The third-order valence-electron chi connectivity index (χ3n) is 3.43. The van der Waals surface area contributed by atoms with Crippen LogP contribution in [0.25, 0.3) is 0 Å². The lowest BCUT2D eigenvalue weighted by atomic mass is 9.91. The number of carbonyl (C=O) groups is 4. The molecule has 0 saturated carbocycles. The highest BCUT2D eigenvalue weighted by Crippen LogP contribution is 2.26. The molecule has 130 valence electrons. The van der Waals surface area contributed by atoms with Crippen LogP contribution in [0.15, 0.2) is 0 Å². The molecule has 8 heteroatoms. The number of ketones is 1. The van der Waals surface area contributed by atoms with Gasteiger partial charge in [0.15, 0.2) is 5.78 Å². The summed E-state index contributed by atoms with van der Waals surface area (Å²) in [5, 5.41) is 9.25. The van der Waals surface area contributed by atoms with Crippen molar-refractivity contribution in [1.29, 1.82) is 0 Å². The van der Waals surface area contributed by atoms with Crippen molar-refractivity contribution in [2.24, 2.45) is 11.8 Å². The highest BCUT2D eigenvalue weighted by molar-refractivity contribution is 6.16. The molecule has 1 aliphatic rings. The molecule has 1 amide bonds. The zero-order valence-corrected chi connectivity index (χ0v) is 14.2. The topological polar surface area (TPSA) is 110 Å². The first-order valence-electron chi connectivity index (χ1n) is 7.26. The standard InChI is InChI=1S/C15H23NO7/c1-8(7-16(13(20)21)14(2,3)4)10(17)9-11(18)22-15(5,6)23-12(9)19/h8-9H,7H2,1-6H3,(H,20,21). The molecule has 1 N–H and O–H groups in total. The molecule has 0 radical (unpaired) electrons. The van der Waals surface area contributed by atoms with Crippen molar-refractivity contribution in [2.45, 2.75) is 52.9 Å². The fraction of sp³-hybridized carbons (Fsp3) is 0.733. The average Bonchev–Trinajstić information content (AvgIpc) is 2.30. The summed E-state index contributed by atoms with van der Waals surface area (Å²) in [6.07, 6.45) is -1.19. The molecule has 1 aliphatic heterocycles. The Labute approximate surface area is 134 Å². The van der Waals surface area contributed by atoms with Crippen LogP contribution in [0.1, 0.15) is 41.5 Å². The maximum absolute atomic E-state index is 12.4. The fourth-order valence-electron chi connectivity index (χ4n) is 2.24. The van der Waals surface area contributed by atoms with E-state index in [4.69, 9.17) is 9.47 Å². The number of Topliss-reactive ketones (excluding diaryl/α,β-unsaturated/α-hetero) is 1. The molecule has 0 bridgehead atoms. The predicted octanol–water partition coefficient (Wildman–Crippen LogP) is 1.42. The second kappa shape index (κ2) is 6.17. The zero-order valence-electron chi connectivity index (χ0n) is 14.2. The SMILES string of the molecule is CC(CN(C(=O)O)C(C)(C)C)C(=O)C1C(=O)OC(C)(C)OC1=O. The summed E-state index contributed by atoms with van der Waals surface area (Å²) in [6.45, 7) is 9.15. The van der Waals surface area contributed by atoms with Gasteiger partial charge in [0.25, 0.3) is 5.79 Å². The zero-order chi connectivity index (χ0) is 18.2. The minimum atomic E-state index is -1.67. The molecule has 1 unspecified atom stereocenters. The lowest BCUT2D eigenvalue weighted by Gasteiger charge is -2.36. The van der Waals surface area contributed by atoms with Gasteiger partial charge in [-0.05, 0) is 20.8 Å². The Balaban J connectivity index is 2.90. The van der Waals surface area contributed by atoms with E-state index in [1.165, 1.54) is 20.8 Å². The average molecular weight is 329 g/mol. The van der Waals surface area contributed by atoms with Gasteiger partial charge < -0.3 is 19.5 Å². The van der Waals surface area contributed by atoms with Crippen LogP contribution < -0.4 is 0 Å². The largest absolute Gasteiger partial charge is 0.465 e. The summed E-state index contributed by atoms with van der Waals surface area (Å²) in [7, 11) is 0. The van der Waals surface area contributed by atoms with Crippen LogP contribution >= 0.6 is 0 Å². The second-order valence-electron chi connectivity index (χ2n) is 7.04. The molecule has 1 atom stereocenters. The van der Waals surface area contributed by atoms with E-state index in [-0.39, 0.29) is 6.54 Å². The first kappa shape index (κ1) is 18.9. The minimum Gasteiger partial charge on any atom is -0.465 e. The number of esters is 2. The van der Waals surface area contributed by atoms with Crippen LogP contribution in [-0.2, 0) is 23.9 Å². The third-order valence-corrected chi connectivity index (χ3v) is 3.43. The maximum Gasteiger partial charge on any atom is 0.407 e. The smallest absolute Gasteiger partial charge is 0.407 e. The Hall–Kier alpha value is -2.12. The van der Waals surface area contributed by atoms with Gasteiger partial charge in [0.1, 0.15) is 0 Å². The van der Waals surface area contributed by atoms with Gasteiger partial charge in [-0.2, -0.15) is 0 Å². The van der Waals surface area contributed by atoms with Gasteiger partial charge in [0.05, 0.1) is 0 Å². The molecule has 1 fully saturated rings. The Kier molecular flexibility index (Phi) is 5.08. The highest BCUT2D eigenvalue weighted by atomic mass is 16.7. The fourth-order valence-corrected chi connectivity index (χ4v) is 2.24. The van der Waals surface area contributed by atoms with Crippen molar-refractivity contribution >= 4 is 23.8 Å². The quantitative estimate of drug-likeness (QED) is 0.613. The molecule has 0 spiro atoms. The van der Waals surface area contributed by atoms with E-state index in [1.807, 2.05) is 0 Å². The monoisotopic (exact) mass is 329 g/mol. The van der Waals surface area contributed by atoms with Crippen LogP contribution in [0.2, 0.25) is 0 Å². The number of carbonyl (C=O) groups excluding carboxylic acids is 3. The summed E-state index contributed by atoms with van der Waals surface area (Å²) < 4.78 is 9.83. The summed E-state index contributed by atoms with van der Waals surface area (Å²) >= 11 is 0. The molecule has 0 aliphatic carbocycles. The van der Waals surface area contributed by atoms with E-state index in [1.54, 1.807) is 20.8 Å². The molecule has 1 saturated heterocycles. The van der Waals surface area contributed by atoms with Crippen molar-refractivity contribution < 1.29 is 33.8 Å². The van der Waals surface area contributed by atoms with E-state index in [0.29, 0.717) is 0 Å². The number of rotatable bonds is 4. The predicted molar refractivity (Wildman–Crippen MR) is 78.4 cm³/mol. The van der Waals surface area contributed by atoms with E-state index >= 15 is 0 Å². The van der Waals surface area contributed by atoms with Crippen LogP contribution in [0.3, 0.4) is 0 Å². The Bertz CT molecular complexity index is 512. The van der Waals surface area contributed by atoms with Crippen LogP contribution in [-0.4, -0.2) is 51.7 Å². The number of carboxylic acid groups (broad SMARTS) is 1. The molecule has 0 aromatic carbocycles. The highest BCUT2D eigenvalue weighted by Gasteiger charge is 2.48. The summed E-state index contributed by atoms with van der Waals surface area (Å²) in [5.74, 6) is -6.61. The number of cyclic esters (lactones) is 2. The first-order chi connectivity index (χ1) is 10.3. The number of nitrogens with zero attached hydrogens (tertiary/aromatic N) is 1. The summed E-state index contributed by atoms with van der Waals surface area (Å²) in [5.41, 5.74) is -0.726. The van der Waals surface area contributed by atoms with Crippen molar-refractivity contribution in [3.05, 3.63) is 0 Å². The molecule has 23 heavy (non-hydrogen) atoms. The molecule has 1 rings (SSSR count). The van der Waals surface area contributed by atoms with Crippen LogP contribution in [0, 0.1) is 11.8 Å². The number of amides is 1. The van der Waals surface area contributed by atoms with Crippen LogP contribution in [0.5, 0.6) is 0 Å². The molecule has 1 heterocycles. The summed E-state index contributed by atoms with van der Waals surface area (Å²) in [4.78, 5) is 48.6. The van der Waals surface area contributed by atoms with Crippen molar-refractivity contribution in [3.8, 4) is 0 Å². The minimum absolute atomic E-state index is 0.141. The van der Waals surface area contributed by atoms with E-state index in [0.717, 1.165) is 4.90 Å². The summed E-state index contributed by atoms with van der Waals surface area (Å²) in [6, 6.07) is 0. The van der Waals surface area contributed by atoms with Gasteiger partial charge >= 0.3 is 18.0 Å². The number of hydrogen-bond acceptors (Lipinski definition) is 6. The molecule has 0 aromatic heterocycles. The van der Waals surface area contributed by atoms with E-state index in [9.17, 15) is 24.3 Å². The van der Waals surface area contributed by atoms with Crippen molar-refractivity contribution in [3.63, 3.8) is 0 Å². The molecular weight excluding hydrogens is 306 g/mol. The van der Waals surface area contributed by atoms with E-state index in [2.05, 4.69) is 0 Å². The van der Waals surface area contributed by atoms with Crippen molar-refractivity contribution in [2.75, 3.05) is 6.54 Å². The Morgan fingerprint density at radius 2 is 1.65 bits per heavy atom. The van der Waals surface area contributed by atoms with Crippen LogP contribution in [0.4, 0.5) is 4.79 Å². The maximum atomic E-state index is 12.4. The Morgan fingerprint density at radius 3 is 2.00 bits per heavy atom. The van der Waals surface area contributed by atoms with Gasteiger partial charge in [-0.3, -0.25) is 14.4 Å². The van der Waals surface area contributed by atoms with Gasteiger partial charge in [-0.25, -0.2) is 4.79 Å². The van der Waals surface area contributed by atoms with Gasteiger partial charge in [-0.1, -0.05) is 6.92 Å². The molecule has 0 aromatic rings. The molecular formula is C15H23NO7. The second-order valence-corrected chi connectivity index (χ2v) is 7.04. The molecule has 8 nitrogen and oxygen atoms in total. The van der Waals surface area contributed by atoms with Gasteiger partial charge in [0, 0.05) is 31.8 Å². The lowest BCUT2D eigenvalue weighted by molar-refractivity contribution is -0.238. The third kappa shape index (κ3) is 4.43. The Morgan fingerprint density at radius 1 is 1.22 bits per heavy atom. The van der Waals surface area contributed by atoms with Gasteiger partial charge in [-0.15, -0.1) is 0 Å². The first-order valence-corrected chi connectivity index (χ1v) is 7.26. The van der Waals surface area contributed by atoms with E-state index < -0.39 is 47.0 Å². The number of ether oxygens (including phenoxy) is 2. The number of hydrogen-bond donors (Lipinski definition) is 1. The normalized spacial score (nSPS) is 19.6.